The van der Waals surface area contributed by atoms with Crippen molar-refractivity contribution in [2.24, 2.45) is 5.41 Å². The second kappa shape index (κ2) is 4.92. The average Bonchev–Trinajstić information content (AvgIpc) is 2.35. The van der Waals surface area contributed by atoms with Crippen molar-refractivity contribution in [2.75, 3.05) is 23.7 Å². The molecule has 2 rings (SSSR count). The van der Waals surface area contributed by atoms with Crippen molar-refractivity contribution in [3.05, 3.63) is 11.0 Å². The Kier molecular flexibility index (Phi) is 3.66. The van der Waals surface area contributed by atoms with Crippen molar-refractivity contribution >= 4 is 23.1 Å². The highest BCUT2D eigenvalue weighted by Gasteiger charge is 2.29. The standard InChI is InChI=1S/C13H21ClN4/c1-4-13(3)5-7-18(8-6-13)11-10(15)9(2)16-12(14)17-11/h4-8,15H2,1-3H3. The van der Waals surface area contributed by atoms with Crippen molar-refractivity contribution < 1.29 is 0 Å². The third kappa shape index (κ3) is 2.53. The first-order valence-electron chi connectivity index (χ1n) is 6.50. The molecule has 2 heterocycles. The van der Waals surface area contributed by atoms with E-state index in [4.69, 9.17) is 17.3 Å². The quantitative estimate of drug-likeness (QED) is 0.838. The van der Waals surface area contributed by atoms with E-state index < -0.39 is 0 Å². The average molecular weight is 269 g/mol. The molecule has 1 aromatic heterocycles. The molecule has 2 N–H and O–H groups in total. The van der Waals surface area contributed by atoms with Crippen LogP contribution < -0.4 is 10.6 Å². The number of aryl methyl sites for hydroxylation is 1. The summed E-state index contributed by atoms with van der Waals surface area (Å²) in [5, 5.41) is 0.278. The molecule has 0 spiro atoms. The van der Waals surface area contributed by atoms with Crippen LogP contribution in [0.3, 0.4) is 0 Å². The van der Waals surface area contributed by atoms with E-state index in [9.17, 15) is 0 Å². The van der Waals surface area contributed by atoms with Gasteiger partial charge in [-0.15, -0.1) is 0 Å². The first-order valence-corrected chi connectivity index (χ1v) is 6.87. The number of hydrogen-bond acceptors (Lipinski definition) is 4. The van der Waals surface area contributed by atoms with E-state index in [-0.39, 0.29) is 5.28 Å². The van der Waals surface area contributed by atoms with Crippen molar-refractivity contribution in [1.29, 1.82) is 0 Å². The fourth-order valence-corrected chi connectivity index (χ4v) is 2.59. The van der Waals surface area contributed by atoms with Crippen molar-refractivity contribution in [1.82, 2.24) is 9.97 Å². The third-order valence-corrected chi connectivity index (χ3v) is 4.38. The molecule has 1 aromatic rings. The van der Waals surface area contributed by atoms with E-state index in [1.165, 1.54) is 19.3 Å². The Labute approximate surface area is 114 Å². The van der Waals surface area contributed by atoms with Crippen LogP contribution in [0, 0.1) is 12.3 Å². The largest absolute Gasteiger partial charge is 0.394 e. The van der Waals surface area contributed by atoms with Gasteiger partial charge >= 0.3 is 0 Å². The molecule has 0 bridgehead atoms. The Morgan fingerprint density at radius 3 is 2.50 bits per heavy atom. The van der Waals surface area contributed by atoms with Crippen LogP contribution in [-0.4, -0.2) is 23.1 Å². The van der Waals surface area contributed by atoms with E-state index in [2.05, 4.69) is 28.7 Å². The van der Waals surface area contributed by atoms with Gasteiger partial charge in [-0.25, -0.2) is 4.98 Å². The van der Waals surface area contributed by atoms with Gasteiger partial charge in [0.15, 0.2) is 5.82 Å². The molecule has 0 saturated carbocycles. The Morgan fingerprint density at radius 2 is 1.94 bits per heavy atom. The fourth-order valence-electron chi connectivity index (χ4n) is 2.39. The molecule has 0 aliphatic carbocycles. The van der Waals surface area contributed by atoms with Gasteiger partial charge < -0.3 is 10.6 Å². The van der Waals surface area contributed by atoms with E-state index in [0.29, 0.717) is 11.1 Å². The van der Waals surface area contributed by atoms with Crippen LogP contribution in [0.1, 0.15) is 38.8 Å². The van der Waals surface area contributed by atoms with Crippen LogP contribution in [-0.2, 0) is 0 Å². The Bertz CT molecular complexity index is 439. The van der Waals surface area contributed by atoms with Gasteiger partial charge in [-0.2, -0.15) is 4.98 Å². The minimum atomic E-state index is 0.278. The fraction of sp³-hybridized carbons (Fsp3) is 0.692. The molecular formula is C13H21ClN4. The first-order chi connectivity index (χ1) is 8.45. The maximum absolute atomic E-state index is 6.06. The summed E-state index contributed by atoms with van der Waals surface area (Å²) < 4.78 is 0. The minimum Gasteiger partial charge on any atom is -0.394 e. The highest BCUT2D eigenvalue weighted by atomic mass is 35.5. The molecule has 1 aliphatic rings. The van der Waals surface area contributed by atoms with Gasteiger partial charge in [0, 0.05) is 13.1 Å². The van der Waals surface area contributed by atoms with Crippen molar-refractivity contribution in [3.63, 3.8) is 0 Å². The van der Waals surface area contributed by atoms with E-state index >= 15 is 0 Å². The zero-order valence-electron chi connectivity index (χ0n) is 11.3. The molecule has 0 amide bonds. The number of aromatic nitrogens is 2. The molecule has 0 atom stereocenters. The second-order valence-electron chi connectivity index (χ2n) is 5.47. The predicted molar refractivity (Wildman–Crippen MR) is 76.0 cm³/mol. The Balaban J connectivity index is 2.20. The number of piperidine rings is 1. The van der Waals surface area contributed by atoms with Crippen LogP contribution >= 0.6 is 11.6 Å². The zero-order valence-corrected chi connectivity index (χ0v) is 12.1. The summed E-state index contributed by atoms with van der Waals surface area (Å²) in [6, 6.07) is 0. The molecule has 5 heteroatoms. The van der Waals surface area contributed by atoms with Gasteiger partial charge in [0.25, 0.3) is 0 Å². The highest BCUT2D eigenvalue weighted by molar-refractivity contribution is 6.28. The van der Waals surface area contributed by atoms with Crippen LogP contribution in [0.2, 0.25) is 5.28 Å². The molecule has 18 heavy (non-hydrogen) atoms. The van der Waals surface area contributed by atoms with Crippen LogP contribution in [0.15, 0.2) is 0 Å². The first kappa shape index (κ1) is 13.4. The lowest BCUT2D eigenvalue weighted by Gasteiger charge is -2.39. The SMILES string of the molecule is CCC1(C)CCN(c2nc(Cl)nc(C)c2N)CC1. The smallest absolute Gasteiger partial charge is 0.224 e. The normalized spacial score (nSPS) is 19.0. The zero-order chi connectivity index (χ0) is 13.3. The summed E-state index contributed by atoms with van der Waals surface area (Å²) in [6.45, 7) is 8.46. The summed E-state index contributed by atoms with van der Waals surface area (Å²) in [5.41, 5.74) is 7.92. The van der Waals surface area contributed by atoms with Gasteiger partial charge in [0.2, 0.25) is 5.28 Å². The number of nitrogens with two attached hydrogens (primary N) is 1. The summed E-state index contributed by atoms with van der Waals surface area (Å²) >= 11 is 5.92. The molecule has 0 aromatic carbocycles. The van der Waals surface area contributed by atoms with E-state index in [0.717, 1.165) is 24.6 Å². The number of halogens is 1. The summed E-state index contributed by atoms with van der Waals surface area (Å²) in [6.07, 6.45) is 3.56. The summed E-state index contributed by atoms with van der Waals surface area (Å²) in [7, 11) is 0. The number of rotatable bonds is 2. The lowest BCUT2D eigenvalue weighted by Crippen LogP contribution is -2.39. The summed E-state index contributed by atoms with van der Waals surface area (Å²) in [5.74, 6) is 0.797. The molecule has 0 radical (unpaired) electrons. The van der Waals surface area contributed by atoms with E-state index in [1.54, 1.807) is 0 Å². The lowest BCUT2D eigenvalue weighted by atomic mass is 9.78. The number of nitrogen functional groups attached to an aromatic ring is 1. The van der Waals surface area contributed by atoms with E-state index in [1.807, 2.05) is 6.92 Å². The monoisotopic (exact) mass is 268 g/mol. The molecule has 1 aliphatic heterocycles. The Morgan fingerprint density at radius 1 is 1.33 bits per heavy atom. The molecule has 1 saturated heterocycles. The van der Waals surface area contributed by atoms with Crippen LogP contribution in [0.25, 0.3) is 0 Å². The molecule has 100 valence electrons. The lowest BCUT2D eigenvalue weighted by molar-refractivity contribution is 0.238. The van der Waals surface area contributed by atoms with Gasteiger partial charge in [0.1, 0.15) is 0 Å². The second-order valence-corrected chi connectivity index (χ2v) is 5.80. The predicted octanol–water partition coefficient (Wildman–Crippen LogP) is 3.04. The minimum absolute atomic E-state index is 0.278. The maximum atomic E-state index is 6.06. The topological polar surface area (TPSA) is 55.0 Å². The van der Waals surface area contributed by atoms with Crippen molar-refractivity contribution in [3.8, 4) is 0 Å². The van der Waals surface area contributed by atoms with Crippen molar-refractivity contribution in [2.45, 2.75) is 40.0 Å². The highest BCUT2D eigenvalue weighted by Crippen LogP contribution is 2.36. The van der Waals surface area contributed by atoms with Gasteiger partial charge in [-0.05, 0) is 36.8 Å². The number of nitrogens with zero attached hydrogens (tertiary/aromatic N) is 3. The summed E-state index contributed by atoms with van der Waals surface area (Å²) in [4.78, 5) is 10.6. The van der Waals surface area contributed by atoms with Gasteiger partial charge in [-0.1, -0.05) is 20.3 Å². The Hall–Kier alpha value is -1.03. The molecule has 4 nitrogen and oxygen atoms in total. The van der Waals surface area contributed by atoms with Crippen LogP contribution in [0.5, 0.6) is 0 Å². The van der Waals surface area contributed by atoms with Crippen LogP contribution in [0.4, 0.5) is 11.5 Å². The number of anilines is 2. The maximum Gasteiger partial charge on any atom is 0.224 e. The number of hydrogen-bond donors (Lipinski definition) is 1. The van der Waals surface area contributed by atoms with Gasteiger partial charge in [0.05, 0.1) is 11.4 Å². The molecule has 0 unspecified atom stereocenters. The third-order valence-electron chi connectivity index (χ3n) is 4.21. The van der Waals surface area contributed by atoms with Gasteiger partial charge in [-0.3, -0.25) is 0 Å². The molecule has 1 fully saturated rings. The molecular weight excluding hydrogens is 248 g/mol.